The molecule has 0 bridgehead atoms. The Morgan fingerprint density at radius 1 is 1.27 bits per heavy atom. The summed E-state index contributed by atoms with van der Waals surface area (Å²) in [7, 11) is 0. The lowest BCUT2D eigenvalue weighted by Crippen LogP contribution is -2.52. The van der Waals surface area contributed by atoms with Gasteiger partial charge in [-0.1, -0.05) is 12.1 Å². The Labute approximate surface area is 152 Å². The van der Waals surface area contributed by atoms with Gasteiger partial charge in [0.2, 0.25) is 11.8 Å². The predicted molar refractivity (Wildman–Crippen MR) is 95.6 cm³/mol. The Hall–Kier alpha value is -2.67. The van der Waals surface area contributed by atoms with Gasteiger partial charge in [-0.15, -0.1) is 6.58 Å². The molecule has 1 aromatic carbocycles. The highest BCUT2D eigenvalue weighted by atomic mass is 16.5. The summed E-state index contributed by atoms with van der Waals surface area (Å²) in [4.78, 5) is 37.5. The van der Waals surface area contributed by atoms with Crippen LogP contribution in [0.5, 0.6) is 5.75 Å². The standard InChI is InChI=1S/C16H17N3O4.C3H6/c20-14-5-4-12(15(21)18-14)19-8-11-10(16(19)22)2-1-3-13(11)23-9-6-17-7-9;1-3-2/h1-3,9,12,17H,4-8H2,(H,18,20,21);3H,1H2,2H3. The van der Waals surface area contributed by atoms with Crippen LogP contribution in [0.15, 0.2) is 30.9 Å². The van der Waals surface area contributed by atoms with Gasteiger partial charge in [-0.3, -0.25) is 19.7 Å². The van der Waals surface area contributed by atoms with Gasteiger partial charge in [0, 0.05) is 30.6 Å². The van der Waals surface area contributed by atoms with Gasteiger partial charge in [-0.05, 0) is 25.5 Å². The topological polar surface area (TPSA) is 87.7 Å². The van der Waals surface area contributed by atoms with Crippen molar-refractivity contribution >= 4 is 17.7 Å². The van der Waals surface area contributed by atoms with Crippen molar-refractivity contribution in [2.24, 2.45) is 0 Å². The fraction of sp³-hybridized carbons (Fsp3) is 0.421. The van der Waals surface area contributed by atoms with Gasteiger partial charge in [-0.25, -0.2) is 0 Å². The second-order valence-electron chi connectivity index (χ2n) is 6.49. The average Bonchev–Trinajstić information content (AvgIpc) is 2.90. The molecule has 2 saturated heterocycles. The molecule has 2 N–H and O–H groups in total. The number of hydrogen-bond donors (Lipinski definition) is 2. The third-order valence-electron chi connectivity index (χ3n) is 4.58. The minimum Gasteiger partial charge on any atom is -0.487 e. The Morgan fingerprint density at radius 3 is 2.62 bits per heavy atom. The number of rotatable bonds is 3. The second-order valence-corrected chi connectivity index (χ2v) is 6.49. The van der Waals surface area contributed by atoms with Crippen molar-refractivity contribution in [3.63, 3.8) is 0 Å². The number of carbonyl (C=O) groups excluding carboxylic acids is 3. The first-order chi connectivity index (χ1) is 12.5. The quantitative estimate of drug-likeness (QED) is 0.622. The Balaban J connectivity index is 0.000000613. The van der Waals surface area contributed by atoms with E-state index in [1.54, 1.807) is 23.1 Å². The van der Waals surface area contributed by atoms with Gasteiger partial charge >= 0.3 is 0 Å². The maximum Gasteiger partial charge on any atom is 0.255 e. The monoisotopic (exact) mass is 357 g/mol. The lowest BCUT2D eigenvalue weighted by atomic mass is 10.0. The molecule has 3 aliphatic rings. The number of fused-ring (bicyclic) bond motifs is 1. The van der Waals surface area contributed by atoms with E-state index in [1.165, 1.54) is 0 Å². The molecular weight excluding hydrogens is 334 g/mol. The lowest BCUT2D eigenvalue weighted by Gasteiger charge is -2.30. The largest absolute Gasteiger partial charge is 0.487 e. The zero-order chi connectivity index (χ0) is 18.7. The molecule has 0 saturated carbocycles. The molecule has 0 spiro atoms. The summed E-state index contributed by atoms with van der Waals surface area (Å²) in [6.07, 6.45) is 2.50. The van der Waals surface area contributed by atoms with E-state index in [0.717, 1.165) is 18.7 Å². The van der Waals surface area contributed by atoms with E-state index >= 15 is 0 Å². The molecular formula is C19H23N3O4. The third kappa shape index (κ3) is 3.48. The number of ether oxygens (including phenoxy) is 1. The van der Waals surface area contributed by atoms with E-state index < -0.39 is 11.9 Å². The van der Waals surface area contributed by atoms with Crippen LogP contribution in [-0.2, 0) is 16.1 Å². The number of nitrogens with zero attached hydrogens (tertiary/aromatic N) is 1. The van der Waals surface area contributed by atoms with E-state index in [-0.39, 0.29) is 24.3 Å². The van der Waals surface area contributed by atoms with Crippen LogP contribution >= 0.6 is 0 Å². The number of nitrogens with one attached hydrogen (secondary N) is 2. The highest BCUT2D eigenvalue weighted by Crippen LogP contribution is 2.34. The molecule has 3 heterocycles. The summed E-state index contributed by atoms with van der Waals surface area (Å²) in [5, 5.41) is 5.45. The van der Waals surface area contributed by atoms with Gasteiger partial charge in [0.15, 0.2) is 0 Å². The summed E-state index contributed by atoms with van der Waals surface area (Å²) in [6.45, 7) is 7.19. The molecule has 1 aromatic rings. The number of imide groups is 1. The van der Waals surface area contributed by atoms with Crippen LogP contribution in [0.2, 0.25) is 0 Å². The number of hydrogen-bond acceptors (Lipinski definition) is 5. The average molecular weight is 357 g/mol. The minimum atomic E-state index is -0.592. The number of carbonyl (C=O) groups is 3. The third-order valence-corrected chi connectivity index (χ3v) is 4.58. The van der Waals surface area contributed by atoms with Crippen LogP contribution in [-0.4, -0.2) is 47.9 Å². The number of allylic oxidation sites excluding steroid dienone is 1. The Morgan fingerprint density at radius 2 is 2.00 bits per heavy atom. The number of piperidine rings is 1. The molecule has 26 heavy (non-hydrogen) atoms. The summed E-state index contributed by atoms with van der Waals surface area (Å²) >= 11 is 0. The molecule has 3 aliphatic heterocycles. The summed E-state index contributed by atoms with van der Waals surface area (Å²) in [5.74, 6) is -0.145. The highest BCUT2D eigenvalue weighted by molar-refractivity contribution is 6.05. The fourth-order valence-corrected chi connectivity index (χ4v) is 3.19. The second kappa shape index (κ2) is 7.70. The smallest absolute Gasteiger partial charge is 0.255 e. The molecule has 0 aromatic heterocycles. The zero-order valence-electron chi connectivity index (χ0n) is 14.8. The first-order valence-electron chi connectivity index (χ1n) is 8.76. The van der Waals surface area contributed by atoms with Crippen LogP contribution in [0.1, 0.15) is 35.7 Å². The van der Waals surface area contributed by atoms with Gasteiger partial charge in [-0.2, -0.15) is 0 Å². The van der Waals surface area contributed by atoms with E-state index in [4.69, 9.17) is 4.74 Å². The van der Waals surface area contributed by atoms with Gasteiger partial charge in [0.25, 0.3) is 5.91 Å². The summed E-state index contributed by atoms with van der Waals surface area (Å²) < 4.78 is 5.92. The van der Waals surface area contributed by atoms with Gasteiger partial charge in [0.1, 0.15) is 17.9 Å². The van der Waals surface area contributed by atoms with E-state index in [0.29, 0.717) is 24.3 Å². The predicted octanol–water partition coefficient (Wildman–Crippen LogP) is 0.990. The van der Waals surface area contributed by atoms with E-state index in [1.807, 2.05) is 13.0 Å². The minimum absolute atomic E-state index is 0.126. The van der Waals surface area contributed by atoms with Crippen molar-refractivity contribution in [1.82, 2.24) is 15.5 Å². The van der Waals surface area contributed by atoms with E-state index in [9.17, 15) is 14.4 Å². The zero-order valence-corrected chi connectivity index (χ0v) is 14.8. The molecule has 7 heteroatoms. The van der Waals surface area contributed by atoms with Crippen LogP contribution in [0.25, 0.3) is 0 Å². The molecule has 4 rings (SSSR count). The van der Waals surface area contributed by atoms with Crippen LogP contribution in [0.4, 0.5) is 0 Å². The fourth-order valence-electron chi connectivity index (χ4n) is 3.19. The van der Waals surface area contributed by atoms with E-state index in [2.05, 4.69) is 17.2 Å². The molecule has 7 nitrogen and oxygen atoms in total. The molecule has 0 radical (unpaired) electrons. The van der Waals surface area contributed by atoms with Crippen LogP contribution in [0.3, 0.4) is 0 Å². The maximum absolute atomic E-state index is 12.6. The van der Waals surface area contributed by atoms with Gasteiger partial charge < -0.3 is 15.0 Å². The van der Waals surface area contributed by atoms with Crippen molar-refractivity contribution in [2.45, 2.75) is 38.5 Å². The lowest BCUT2D eigenvalue weighted by molar-refractivity contribution is -0.136. The highest BCUT2D eigenvalue weighted by Gasteiger charge is 2.40. The molecule has 1 atom stereocenters. The van der Waals surface area contributed by atoms with Crippen LogP contribution in [0, 0.1) is 0 Å². The molecule has 138 valence electrons. The molecule has 3 amide bonds. The van der Waals surface area contributed by atoms with Crippen molar-refractivity contribution in [3.8, 4) is 5.75 Å². The van der Waals surface area contributed by atoms with Crippen molar-refractivity contribution < 1.29 is 19.1 Å². The molecule has 2 fully saturated rings. The van der Waals surface area contributed by atoms with Crippen molar-refractivity contribution in [2.75, 3.05) is 13.1 Å². The van der Waals surface area contributed by atoms with Gasteiger partial charge in [0.05, 0.1) is 6.54 Å². The Kier molecular flexibility index (Phi) is 5.37. The number of benzene rings is 1. The molecule has 1 unspecified atom stereocenters. The summed E-state index contributed by atoms with van der Waals surface area (Å²) in [6, 6.07) is 4.82. The van der Waals surface area contributed by atoms with Crippen LogP contribution < -0.4 is 15.4 Å². The maximum atomic E-state index is 12.6. The first kappa shape index (κ1) is 18.1. The number of amides is 3. The normalized spacial score (nSPS) is 22.0. The summed E-state index contributed by atoms with van der Waals surface area (Å²) in [5.41, 5.74) is 1.41. The SMILES string of the molecule is C=CC.O=C1CCC(N2Cc3c(OC4CNC4)cccc3C2=O)C(=O)N1. The van der Waals surface area contributed by atoms with Crippen molar-refractivity contribution in [3.05, 3.63) is 42.0 Å². The molecule has 0 aliphatic carbocycles. The first-order valence-corrected chi connectivity index (χ1v) is 8.76. The Bertz CT molecular complexity index is 742. The van der Waals surface area contributed by atoms with Crippen molar-refractivity contribution in [1.29, 1.82) is 0 Å².